The maximum Gasteiger partial charge on any atom is 0.228 e. The fraction of sp³-hybridized carbons (Fsp3) is 0.462. The van der Waals surface area contributed by atoms with E-state index in [-0.39, 0.29) is 11.8 Å². The number of nitrogens with one attached hydrogen (secondary N) is 1. The summed E-state index contributed by atoms with van der Waals surface area (Å²) >= 11 is 3.44. The summed E-state index contributed by atoms with van der Waals surface area (Å²) in [7, 11) is 0. The maximum atomic E-state index is 12.0. The van der Waals surface area contributed by atoms with E-state index >= 15 is 0 Å². The normalized spacial score (nSPS) is 12.2. The molecule has 1 rings (SSSR count). The Hall–Kier alpha value is -0.870. The topological polar surface area (TPSA) is 55.1 Å². The molecule has 0 fully saturated rings. The van der Waals surface area contributed by atoms with Gasteiger partial charge >= 0.3 is 0 Å². The molecule has 94 valence electrons. The fourth-order valence-electron chi connectivity index (χ4n) is 1.68. The smallest absolute Gasteiger partial charge is 0.228 e. The molecular formula is C13H19BrN2O. The highest BCUT2D eigenvalue weighted by Gasteiger charge is 2.16. The number of hydrogen-bond acceptors (Lipinski definition) is 2. The largest absolute Gasteiger partial charge is 0.330 e. The van der Waals surface area contributed by atoms with Crippen molar-refractivity contribution in [2.24, 2.45) is 11.7 Å². The molecule has 0 aromatic heterocycles. The Morgan fingerprint density at radius 2 is 2.24 bits per heavy atom. The minimum absolute atomic E-state index is 0.00977. The third-order valence-electron chi connectivity index (χ3n) is 2.82. The van der Waals surface area contributed by atoms with Crippen LogP contribution in [-0.2, 0) is 4.79 Å². The number of benzene rings is 1. The van der Waals surface area contributed by atoms with Gasteiger partial charge in [0.05, 0.1) is 5.92 Å². The Balaban J connectivity index is 2.76. The molecule has 0 aliphatic heterocycles. The van der Waals surface area contributed by atoms with Gasteiger partial charge in [-0.2, -0.15) is 0 Å². The van der Waals surface area contributed by atoms with Crippen LogP contribution in [0.2, 0.25) is 0 Å². The summed E-state index contributed by atoms with van der Waals surface area (Å²) in [5, 5.41) is 2.94. The molecule has 0 aliphatic carbocycles. The van der Waals surface area contributed by atoms with Crippen LogP contribution in [0, 0.1) is 12.8 Å². The predicted molar refractivity (Wildman–Crippen MR) is 75.0 cm³/mol. The summed E-state index contributed by atoms with van der Waals surface area (Å²) in [4.78, 5) is 12.0. The number of carbonyl (C=O) groups excluding carboxylic acids is 1. The van der Waals surface area contributed by atoms with E-state index in [1.54, 1.807) is 0 Å². The molecule has 4 heteroatoms. The van der Waals surface area contributed by atoms with Gasteiger partial charge in [-0.15, -0.1) is 0 Å². The quantitative estimate of drug-likeness (QED) is 0.878. The lowest BCUT2D eigenvalue weighted by atomic mass is 10.0. The first-order valence-corrected chi connectivity index (χ1v) is 6.65. The Labute approximate surface area is 111 Å². The lowest BCUT2D eigenvalue weighted by Crippen LogP contribution is -2.29. The molecule has 1 aromatic rings. The Kier molecular flexibility index (Phi) is 5.65. The van der Waals surface area contributed by atoms with E-state index in [4.69, 9.17) is 5.73 Å². The van der Waals surface area contributed by atoms with E-state index in [1.165, 1.54) is 0 Å². The van der Waals surface area contributed by atoms with Gasteiger partial charge in [0.1, 0.15) is 0 Å². The molecule has 1 aromatic carbocycles. The van der Waals surface area contributed by atoms with E-state index in [9.17, 15) is 4.79 Å². The van der Waals surface area contributed by atoms with Crippen LogP contribution in [0.5, 0.6) is 0 Å². The molecule has 17 heavy (non-hydrogen) atoms. The second kappa shape index (κ2) is 6.77. The molecule has 0 bridgehead atoms. The van der Waals surface area contributed by atoms with Gasteiger partial charge in [-0.25, -0.2) is 0 Å². The van der Waals surface area contributed by atoms with Crippen molar-refractivity contribution in [1.29, 1.82) is 0 Å². The number of rotatable bonds is 5. The molecule has 1 atom stereocenters. The van der Waals surface area contributed by atoms with Gasteiger partial charge in [-0.05, 0) is 31.0 Å². The van der Waals surface area contributed by atoms with Crippen molar-refractivity contribution < 1.29 is 4.79 Å². The Morgan fingerprint density at radius 3 is 2.82 bits per heavy atom. The Morgan fingerprint density at radius 1 is 1.53 bits per heavy atom. The SMILES string of the molecule is CCCC(CN)C(=O)Nc1cccc(Br)c1C. The molecule has 3 nitrogen and oxygen atoms in total. The van der Waals surface area contributed by atoms with Gasteiger partial charge in [0, 0.05) is 16.7 Å². The number of hydrogen-bond donors (Lipinski definition) is 2. The second-order valence-corrected chi connectivity index (χ2v) is 4.98. The maximum absolute atomic E-state index is 12.0. The zero-order valence-corrected chi connectivity index (χ0v) is 11.9. The van der Waals surface area contributed by atoms with Crippen molar-refractivity contribution in [3.05, 3.63) is 28.2 Å². The minimum Gasteiger partial charge on any atom is -0.330 e. The van der Waals surface area contributed by atoms with Crippen LogP contribution in [0.1, 0.15) is 25.3 Å². The monoisotopic (exact) mass is 298 g/mol. The fourth-order valence-corrected chi connectivity index (χ4v) is 2.05. The van der Waals surface area contributed by atoms with Gasteiger partial charge in [-0.1, -0.05) is 35.3 Å². The van der Waals surface area contributed by atoms with E-state index in [0.29, 0.717) is 6.54 Å². The first-order chi connectivity index (χ1) is 8.10. The van der Waals surface area contributed by atoms with Crippen LogP contribution in [0.4, 0.5) is 5.69 Å². The van der Waals surface area contributed by atoms with Crippen LogP contribution >= 0.6 is 15.9 Å². The standard InChI is InChI=1S/C13H19BrN2O/c1-3-5-10(8-15)13(17)16-12-7-4-6-11(14)9(12)2/h4,6-7,10H,3,5,8,15H2,1-2H3,(H,16,17). The first kappa shape index (κ1) is 14.2. The van der Waals surface area contributed by atoms with Crippen molar-refractivity contribution in [3.8, 4) is 0 Å². The summed E-state index contributed by atoms with van der Waals surface area (Å²) < 4.78 is 0.995. The van der Waals surface area contributed by atoms with Gasteiger partial charge in [-0.3, -0.25) is 4.79 Å². The van der Waals surface area contributed by atoms with Crippen LogP contribution in [0.25, 0.3) is 0 Å². The molecule has 1 unspecified atom stereocenters. The molecule has 0 saturated heterocycles. The zero-order valence-electron chi connectivity index (χ0n) is 10.3. The molecule has 3 N–H and O–H groups in total. The van der Waals surface area contributed by atoms with Gasteiger partial charge in [0.15, 0.2) is 0 Å². The average Bonchev–Trinajstić information content (AvgIpc) is 2.31. The van der Waals surface area contributed by atoms with Crippen molar-refractivity contribution in [2.45, 2.75) is 26.7 Å². The number of nitrogens with two attached hydrogens (primary N) is 1. The van der Waals surface area contributed by atoms with Gasteiger partial charge in [0.2, 0.25) is 5.91 Å². The van der Waals surface area contributed by atoms with Crippen LogP contribution in [0.3, 0.4) is 0 Å². The van der Waals surface area contributed by atoms with E-state index in [0.717, 1.165) is 28.6 Å². The molecule has 0 aliphatic rings. The van der Waals surface area contributed by atoms with Crippen molar-refractivity contribution >= 4 is 27.5 Å². The third kappa shape index (κ3) is 3.82. The van der Waals surface area contributed by atoms with Crippen LogP contribution in [0.15, 0.2) is 22.7 Å². The summed E-state index contributed by atoms with van der Waals surface area (Å²) in [5.41, 5.74) is 7.49. The molecule has 1 amide bonds. The lowest BCUT2D eigenvalue weighted by molar-refractivity contribution is -0.119. The highest BCUT2D eigenvalue weighted by Crippen LogP contribution is 2.24. The van der Waals surface area contributed by atoms with Crippen LogP contribution < -0.4 is 11.1 Å². The first-order valence-electron chi connectivity index (χ1n) is 5.86. The third-order valence-corrected chi connectivity index (χ3v) is 3.68. The summed E-state index contributed by atoms with van der Waals surface area (Å²) in [6, 6.07) is 5.76. The summed E-state index contributed by atoms with van der Waals surface area (Å²) in [6.45, 7) is 4.42. The Bertz CT molecular complexity index is 393. The van der Waals surface area contributed by atoms with Gasteiger partial charge < -0.3 is 11.1 Å². The summed E-state index contributed by atoms with van der Waals surface area (Å²) in [5.74, 6) is -0.0890. The number of carbonyl (C=O) groups is 1. The summed E-state index contributed by atoms with van der Waals surface area (Å²) in [6.07, 6.45) is 1.79. The van der Waals surface area contributed by atoms with Gasteiger partial charge in [0.25, 0.3) is 0 Å². The molecule has 0 saturated carbocycles. The van der Waals surface area contributed by atoms with Crippen LogP contribution in [-0.4, -0.2) is 12.5 Å². The number of amides is 1. The van der Waals surface area contributed by atoms with E-state index in [1.807, 2.05) is 25.1 Å². The van der Waals surface area contributed by atoms with Crippen molar-refractivity contribution in [3.63, 3.8) is 0 Å². The minimum atomic E-state index is -0.0987. The predicted octanol–water partition coefficient (Wildman–Crippen LogP) is 3.07. The molecule has 0 radical (unpaired) electrons. The molecular weight excluding hydrogens is 280 g/mol. The number of halogens is 1. The average molecular weight is 299 g/mol. The van der Waals surface area contributed by atoms with E-state index in [2.05, 4.69) is 28.2 Å². The zero-order chi connectivity index (χ0) is 12.8. The second-order valence-electron chi connectivity index (χ2n) is 4.12. The van der Waals surface area contributed by atoms with Crippen molar-refractivity contribution in [2.75, 3.05) is 11.9 Å². The van der Waals surface area contributed by atoms with E-state index < -0.39 is 0 Å². The molecule has 0 heterocycles. The highest BCUT2D eigenvalue weighted by molar-refractivity contribution is 9.10. The molecule has 0 spiro atoms. The van der Waals surface area contributed by atoms with Crippen molar-refractivity contribution in [1.82, 2.24) is 0 Å². The highest BCUT2D eigenvalue weighted by atomic mass is 79.9. The number of anilines is 1. The lowest BCUT2D eigenvalue weighted by Gasteiger charge is -2.15.